The number of methoxy groups -OCH3 is 2. The summed E-state index contributed by atoms with van der Waals surface area (Å²) in [6.07, 6.45) is 0.722. The molecule has 7 heteroatoms. The van der Waals surface area contributed by atoms with Gasteiger partial charge in [0.05, 0.1) is 14.2 Å². The number of aryl methyl sites for hydroxylation is 1. The maximum atomic E-state index is 12.4. The van der Waals surface area contributed by atoms with Gasteiger partial charge in [-0.05, 0) is 48.7 Å². The van der Waals surface area contributed by atoms with Crippen LogP contribution in [0.4, 0.5) is 0 Å². The van der Waals surface area contributed by atoms with Crippen LogP contribution >= 0.6 is 11.3 Å². The number of rotatable bonds is 5. The molecule has 0 aliphatic carbocycles. The fourth-order valence-corrected chi connectivity index (χ4v) is 3.69. The Hall–Kier alpha value is -2.54. The number of benzene rings is 1. The van der Waals surface area contributed by atoms with Crippen molar-refractivity contribution in [3.63, 3.8) is 0 Å². The zero-order chi connectivity index (χ0) is 18.7. The Morgan fingerprint density at radius 3 is 2.42 bits per heavy atom. The first-order chi connectivity index (χ1) is 12.5. The van der Waals surface area contributed by atoms with Crippen molar-refractivity contribution >= 4 is 23.2 Å². The zero-order valence-corrected chi connectivity index (χ0v) is 15.9. The van der Waals surface area contributed by atoms with Crippen molar-refractivity contribution in [3.8, 4) is 11.5 Å². The van der Waals surface area contributed by atoms with E-state index in [9.17, 15) is 9.59 Å². The van der Waals surface area contributed by atoms with E-state index in [1.807, 2.05) is 25.1 Å². The van der Waals surface area contributed by atoms with Gasteiger partial charge < -0.3 is 19.1 Å². The number of esters is 1. The lowest BCUT2D eigenvalue weighted by Crippen LogP contribution is -2.38. The van der Waals surface area contributed by atoms with Crippen LogP contribution in [-0.4, -0.2) is 44.1 Å². The molecule has 26 heavy (non-hydrogen) atoms. The highest BCUT2D eigenvalue weighted by molar-refractivity contribution is 7.13. The molecule has 0 saturated carbocycles. The van der Waals surface area contributed by atoms with Gasteiger partial charge in [-0.2, -0.15) is 0 Å². The number of nitrogens with zero attached hydrogens (tertiary/aromatic N) is 1. The number of ether oxygens (including phenoxy) is 3. The smallest absolute Gasteiger partial charge is 0.348 e. The van der Waals surface area contributed by atoms with E-state index in [0.717, 1.165) is 22.4 Å². The van der Waals surface area contributed by atoms with Crippen LogP contribution < -0.4 is 9.47 Å². The third-order valence-electron chi connectivity index (χ3n) is 4.34. The molecule has 3 rings (SSSR count). The second kappa shape index (κ2) is 7.78. The minimum absolute atomic E-state index is 0.202. The number of thiophene rings is 1. The van der Waals surface area contributed by atoms with Gasteiger partial charge in [0.1, 0.15) is 4.88 Å². The topological polar surface area (TPSA) is 65.1 Å². The molecule has 6 nitrogen and oxygen atoms in total. The van der Waals surface area contributed by atoms with Crippen molar-refractivity contribution in [2.45, 2.75) is 19.9 Å². The van der Waals surface area contributed by atoms with E-state index < -0.39 is 5.97 Å². The summed E-state index contributed by atoms with van der Waals surface area (Å²) in [5.74, 6) is 0.665. The first-order valence-electron chi connectivity index (χ1n) is 8.27. The summed E-state index contributed by atoms with van der Waals surface area (Å²) in [4.78, 5) is 27.6. The van der Waals surface area contributed by atoms with Crippen molar-refractivity contribution in [2.75, 3.05) is 27.4 Å². The lowest BCUT2D eigenvalue weighted by atomic mass is 9.99. The van der Waals surface area contributed by atoms with Crippen molar-refractivity contribution in [3.05, 3.63) is 45.1 Å². The molecule has 0 atom stereocenters. The first kappa shape index (κ1) is 18.3. The van der Waals surface area contributed by atoms with Crippen LogP contribution in [0.2, 0.25) is 0 Å². The Bertz CT molecular complexity index is 829. The van der Waals surface area contributed by atoms with E-state index in [1.165, 1.54) is 11.3 Å². The largest absolute Gasteiger partial charge is 0.493 e. The quantitative estimate of drug-likeness (QED) is 0.752. The van der Waals surface area contributed by atoms with E-state index in [0.29, 0.717) is 29.5 Å². The van der Waals surface area contributed by atoms with Crippen LogP contribution in [0.3, 0.4) is 0 Å². The summed E-state index contributed by atoms with van der Waals surface area (Å²) in [5.41, 5.74) is 2.15. The molecule has 0 N–H and O–H groups in total. The molecule has 2 aromatic rings. The van der Waals surface area contributed by atoms with Gasteiger partial charge in [-0.1, -0.05) is 0 Å². The van der Waals surface area contributed by atoms with Gasteiger partial charge in [0.15, 0.2) is 18.1 Å². The molecule has 1 aromatic heterocycles. The Kier molecular flexibility index (Phi) is 5.46. The normalized spacial score (nSPS) is 13.1. The van der Waals surface area contributed by atoms with Gasteiger partial charge in [-0.3, -0.25) is 4.79 Å². The summed E-state index contributed by atoms with van der Waals surface area (Å²) in [5, 5.41) is 0. The third-order valence-corrected chi connectivity index (χ3v) is 5.32. The number of hydrogen-bond donors (Lipinski definition) is 0. The Morgan fingerprint density at radius 1 is 1.12 bits per heavy atom. The minimum atomic E-state index is -0.458. The van der Waals surface area contributed by atoms with E-state index in [1.54, 1.807) is 25.2 Å². The second-order valence-corrected chi connectivity index (χ2v) is 7.32. The summed E-state index contributed by atoms with van der Waals surface area (Å²) in [7, 11) is 3.19. The molecule has 1 amide bonds. The average Bonchev–Trinajstić information content (AvgIpc) is 3.10. The molecule has 0 fully saturated rings. The van der Waals surface area contributed by atoms with E-state index in [2.05, 4.69) is 0 Å². The SMILES string of the molecule is COc1cc2c(cc1OC)CN(C(=O)COC(=O)c1ccc(C)s1)CC2. The number of hydrogen-bond acceptors (Lipinski definition) is 6. The highest BCUT2D eigenvalue weighted by Gasteiger charge is 2.24. The van der Waals surface area contributed by atoms with E-state index >= 15 is 0 Å². The molecular weight excluding hydrogens is 354 g/mol. The first-order valence-corrected chi connectivity index (χ1v) is 9.08. The predicted molar refractivity (Wildman–Crippen MR) is 98.0 cm³/mol. The molecule has 0 bridgehead atoms. The molecule has 2 heterocycles. The van der Waals surface area contributed by atoms with E-state index in [4.69, 9.17) is 14.2 Å². The van der Waals surface area contributed by atoms with Crippen LogP contribution in [0.25, 0.3) is 0 Å². The fraction of sp³-hybridized carbons (Fsp3) is 0.368. The van der Waals surface area contributed by atoms with Crippen LogP contribution in [0.15, 0.2) is 24.3 Å². The van der Waals surface area contributed by atoms with E-state index in [-0.39, 0.29) is 12.5 Å². The molecule has 1 aliphatic rings. The Morgan fingerprint density at radius 2 is 1.81 bits per heavy atom. The number of carbonyl (C=O) groups excluding carboxylic acids is 2. The van der Waals surface area contributed by atoms with Gasteiger partial charge in [-0.15, -0.1) is 11.3 Å². The minimum Gasteiger partial charge on any atom is -0.493 e. The molecule has 138 valence electrons. The average molecular weight is 375 g/mol. The van der Waals surface area contributed by atoms with Crippen molar-refractivity contribution in [1.82, 2.24) is 4.90 Å². The van der Waals surface area contributed by atoms with Gasteiger partial charge in [0.2, 0.25) is 0 Å². The fourth-order valence-electron chi connectivity index (χ4n) is 2.93. The lowest BCUT2D eigenvalue weighted by molar-refractivity contribution is -0.135. The molecule has 0 spiro atoms. The van der Waals surface area contributed by atoms with Crippen molar-refractivity contribution in [2.24, 2.45) is 0 Å². The van der Waals surface area contributed by atoms with Crippen LogP contribution in [0, 0.1) is 6.92 Å². The van der Waals surface area contributed by atoms with Gasteiger partial charge in [0, 0.05) is 18.0 Å². The number of carbonyl (C=O) groups is 2. The second-order valence-electron chi connectivity index (χ2n) is 6.03. The Balaban J connectivity index is 1.62. The Labute approximate surface area is 156 Å². The highest BCUT2D eigenvalue weighted by atomic mass is 32.1. The van der Waals surface area contributed by atoms with Gasteiger partial charge >= 0.3 is 5.97 Å². The monoisotopic (exact) mass is 375 g/mol. The predicted octanol–water partition coefficient (Wildman–Crippen LogP) is 2.82. The summed E-state index contributed by atoms with van der Waals surface area (Å²) >= 11 is 1.36. The molecule has 1 aliphatic heterocycles. The van der Waals surface area contributed by atoms with Crippen molar-refractivity contribution < 1.29 is 23.8 Å². The van der Waals surface area contributed by atoms with Crippen LogP contribution in [0.1, 0.15) is 25.7 Å². The molecule has 0 unspecified atom stereocenters. The van der Waals surface area contributed by atoms with Crippen molar-refractivity contribution in [1.29, 1.82) is 0 Å². The van der Waals surface area contributed by atoms with Crippen LogP contribution in [0.5, 0.6) is 11.5 Å². The maximum Gasteiger partial charge on any atom is 0.348 e. The van der Waals surface area contributed by atoms with Gasteiger partial charge in [-0.25, -0.2) is 4.79 Å². The lowest BCUT2D eigenvalue weighted by Gasteiger charge is -2.29. The molecular formula is C19H21NO5S. The third kappa shape index (κ3) is 3.83. The maximum absolute atomic E-state index is 12.4. The van der Waals surface area contributed by atoms with Crippen LogP contribution in [-0.2, 0) is 22.5 Å². The molecule has 1 aromatic carbocycles. The summed E-state index contributed by atoms with van der Waals surface area (Å²) < 4.78 is 15.8. The number of amides is 1. The molecule has 0 radical (unpaired) electrons. The molecule has 0 saturated heterocycles. The summed E-state index contributed by atoms with van der Waals surface area (Å²) in [6, 6.07) is 7.42. The summed E-state index contributed by atoms with van der Waals surface area (Å²) in [6.45, 7) is 2.71. The number of fused-ring (bicyclic) bond motifs is 1. The highest BCUT2D eigenvalue weighted by Crippen LogP contribution is 2.33. The zero-order valence-electron chi connectivity index (χ0n) is 15.0. The standard InChI is InChI=1S/C19H21NO5S/c1-12-4-5-17(26-12)19(22)25-11-18(21)20-7-6-13-8-15(23-2)16(24-3)9-14(13)10-20/h4-5,8-9H,6-7,10-11H2,1-3H3. The van der Waals surface area contributed by atoms with Gasteiger partial charge in [0.25, 0.3) is 5.91 Å².